The van der Waals surface area contributed by atoms with E-state index >= 15 is 0 Å². The van der Waals surface area contributed by atoms with E-state index in [4.69, 9.17) is 13.9 Å². The highest BCUT2D eigenvalue weighted by molar-refractivity contribution is 5.88. The minimum Gasteiger partial charge on any atom is -0.493 e. The van der Waals surface area contributed by atoms with Crippen LogP contribution in [0.25, 0.3) is 22.6 Å². The maximum absolute atomic E-state index is 5.40. The number of methoxy groups -OCH3 is 2. The number of nitrogens with zero attached hydrogens (tertiary/aromatic N) is 3. The molecule has 8 nitrogen and oxygen atoms in total. The van der Waals surface area contributed by atoms with Crippen LogP contribution in [0.15, 0.2) is 47.2 Å². The van der Waals surface area contributed by atoms with E-state index in [9.17, 15) is 0 Å². The number of fused-ring (bicyclic) bond motifs is 1. The summed E-state index contributed by atoms with van der Waals surface area (Å²) >= 11 is 0. The maximum Gasteiger partial charge on any atom is 0.198 e. The maximum atomic E-state index is 5.40. The molecule has 0 aliphatic rings. The topological polar surface area (TPSA) is 98.1 Å². The molecule has 3 aromatic heterocycles. The molecule has 0 fully saturated rings. The Morgan fingerprint density at radius 1 is 1.08 bits per heavy atom. The Kier molecular flexibility index (Phi) is 3.70. The highest BCUT2D eigenvalue weighted by Gasteiger charge is 2.14. The number of benzene rings is 1. The van der Waals surface area contributed by atoms with Crippen LogP contribution in [0.5, 0.6) is 11.5 Å². The molecule has 0 saturated carbocycles. The highest BCUT2D eigenvalue weighted by atomic mass is 16.5. The summed E-state index contributed by atoms with van der Waals surface area (Å²) in [6.45, 7) is 0. The summed E-state index contributed by atoms with van der Waals surface area (Å²) < 4.78 is 16.0. The van der Waals surface area contributed by atoms with Gasteiger partial charge in [-0.05, 0) is 24.3 Å². The summed E-state index contributed by atoms with van der Waals surface area (Å²) in [6, 6.07) is 9.12. The van der Waals surface area contributed by atoms with Crippen LogP contribution in [-0.2, 0) is 0 Å². The zero-order chi connectivity index (χ0) is 17.2. The van der Waals surface area contributed by atoms with Gasteiger partial charge in [-0.2, -0.15) is 5.10 Å². The van der Waals surface area contributed by atoms with Gasteiger partial charge in [-0.3, -0.25) is 5.10 Å². The second-order valence-corrected chi connectivity index (χ2v) is 5.20. The van der Waals surface area contributed by atoms with Gasteiger partial charge in [0.05, 0.1) is 26.7 Å². The van der Waals surface area contributed by atoms with Crippen LogP contribution in [0.1, 0.15) is 0 Å². The van der Waals surface area contributed by atoms with Crippen molar-refractivity contribution >= 4 is 22.5 Å². The van der Waals surface area contributed by atoms with Crippen molar-refractivity contribution in [2.24, 2.45) is 0 Å². The van der Waals surface area contributed by atoms with Crippen LogP contribution in [-0.4, -0.2) is 34.4 Å². The zero-order valence-electron chi connectivity index (χ0n) is 13.6. The number of hydrogen-bond donors (Lipinski definition) is 2. The minimum absolute atomic E-state index is 0.474. The molecule has 3 heterocycles. The molecule has 25 heavy (non-hydrogen) atoms. The van der Waals surface area contributed by atoms with Crippen molar-refractivity contribution in [3.63, 3.8) is 0 Å². The average molecular weight is 337 g/mol. The lowest BCUT2D eigenvalue weighted by molar-refractivity contribution is 0.355. The van der Waals surface area contributed by atoms with E-state index in [1.807, 2.05) is 18.2 Å². The summed E-state index contributed by atoms with van der Waals surface area (Å²) in [7, 11) is 3.19. The van der Waals surface area contributed by atoms with Gasteiger partial charge in [0, 0.05) is 11.8 Å². The van der Waals surface area contributed by atoms with Crippen LogP contribution in [0.2, 0.25) is 0 Å². The Morgan fingerprint density at radius 3 is 2.72 bits per heavy atom. The first kappa shape index (κ1) is 15.0. The average Bonchev–Trinajstić information content (AvgIpc) is 3.33. The Labute approximate surface area is 142 Å². The summed E-state index contributed by atoms with van der Waals surface area (Å²) in [5.74, 6) is 2.91. The molecule has 8 heteroatoms. The second kappa shape index (κ2) is 6.16. The molecule has 2 N–H and O–H groups in total. The number of aromatic amines is 1. The lowest BCUT2D eigenvalue weighted by atomic mass is 10.2. The van der Waals surface area contributed by atoms with Crippen molar-refractivity contribution in [2.75, 3.05) is 19.5 Å². The third kappa shape index (κ3) is 2.74. The third-order valence-corrected chi connectivity index (χ3v) is 3.69. The first-order valence-corrected chi connectivity index (χ1v) is 7.52. The van der Waals surface area contributed by atoms with Crippen LogP contribution in [0.4, 0.5) is 11.5 Å². The lowest BCUT2D eigenvalue weighted by Gasteiger charge is -2.11. The Balaban J connectivity index is 1.77. The smallest absolute Gasteiger partial charge is 0.198 e. The SMILES string of the molecule is COc1ccc(Nc2nc(-c3ccco3)nc3cn[nH]c23)cc1OC. The third-order valence-electron chi connectivity index (χ3n) is 3.69. The fourth-order valence-corrected chi connectivity index (χ4v) is 2.50. The number of hydrogen-bond acceptors (Lipinski definition) is 7. The molecule has 4 rings (SSSR count). The molecule has 0 amide bonds. The van der Waals surface area contributed by atoms with Gasteiger partial charge in [-0.25, -0.2) is 9.97 Å². The van der Waals surface area contributed by atoms with Gasteiger partial charge in [-0.1, -0.05) is 0 Å². The molecule has 0 unspecified atom stereocenters. The predicted molar refractivity (Wildman–Crippen MR) is 92.2 cm³/mol. The van der Waals surface area contributed by atoms with E-state index in [0.29, 0.717) is 39.9 Å². The van der Waals surface area contributed by atoms with Crippen molar-refractivity contribution < 1.29 is 13.9 Å². The summed E-state index contributed by atoms with van der Waals surface area (Å²) in [4.78, 5) is 9.01. The Bertz CT molecular complexity index is 1010. The van der Waals surface area contributed by atoms with Crippen LogP contribution >= 0.6 is 0 Å². The van der Waals surface area contributed by atoms with Crippen LogP contribution in [0.3, 0.4) is 0 Å². The van der Waals surface area contributed by atoms with Gasteiger partial charge in [0.1, 0.15) is 11.0 Å². The number of rotatable bonds is 5. The number of aromatic nitrogens is 4. The molecule has 0 atom stereocenters. The van der Waals surface area contributed by atoms with E-state index in [-0.39, 0.29) is 0 Å². The number of H-pyrrole nitrogens is 1. The van der Waals surface area contributed by atoms with E-state index < -0.39 is 0 Å². The van der Waals surface area contributed by atoms with E-state index in [1.54, 1.807) is 38.8 Å². The molecule has 126 valence electrons. The lowest BCUT2D eigenvalue weighted by Crippen LogP contribution is -1.99. The zero-order valence-corrected chi connectivity index (χ0v) is 13.6. The predicted octanol–water partition coefficient (Wildman–Crippen LogP) is 3.37. The van der Waals surface area contributed by atoms with Crippen molar-refractivity contribution in [1.29, 1.82) is 0 Å². The van der Waals surface area contributed by atoms with E-state index in [2.05, 4.69) is 25.5 Å². The molecule has 0 saturated heterocycles. The molecular formula is C17H15N5O3. The van der Waals surface area contributed by atoms with Crippen molar-refractivity contribution in [2.45, 2.75) is 0 Å². The number of anilines is 2. The van der Waals surface area contributed by atoms with Crippen molar-refractivity contribution in [1.82, 2.24) is 20.2 Å². The monoisotopic (exact) mass is 337 g/mol. The molecule has 0 spiro atoms. The minimum atomic E-state index is 0.474. The van der Waals surface area contributed by atoms with Gasteiger partial charge < -0.3 is 19.2 Å². The number of nitrogens with one attached hydrogen (secondary N) is 2. The molecule has 1 aromatic carbocycles. The normalized spacial score (nSPS) is 10.8. The second-order valence-electron chi connectivity index (χ2n) is 5.20. The Hall–Kier alpha value is -3.55. The Morgan fingerprint density at radius 2 is 1.96 bits per heavy atom. The first-order chi connectivity index (χ1) is 12.3. The van der Waals surface area contributed by atoms with Crippen LogP contribution < -0.4 is 14.8 Å². The molecular weight excluding hydrogens is 322 g/mol. The standard InChI is InChI=1S/C17H15N5O3/c1-23-12-6-5-10(8-14(12)24-2)19-17-15-11(9-18-22-15)20-16(21-17)13-4-3-7-25-13/h3-9H,1-2H3,(H,18,22)(H,19,20,21). The summed E-state index contributed by atoms with van der Waals surface area (Å²) in [5, 5.41) is 10.2. The number of ether oxygens (including phenoxy) is 2. The van der Waals surface area contributed by atoms with Crippen molar-refractivity contribution in [3.05, 3.63) is 42.8 Å². The van der Waals surface area contributed by atoms with Gasteiger partial charge in [0.2, 0.25) is 0 Å². The van der Waals surface area contributed by atoms with Gasteiger partial charge in [-0.15, -0.1) is 0 Å². The fourth-order valence-electron chi connectivity index (χ4n) is 2.50. The largest absolute Gasteiger partial charge is 0.493 e. The summed E-state index contributed by atoms with van der Waals surface area (Å²) in [6.07, 6.45) is 3.23. The quantitative estimate of drug-likeness (QED) is 0.576. The van der Waals surface area contributed by atoms with Crippen molar-refractivity contribution in [3.8, 4) is 23.1 Å². The summed E-state index contributed by atoms with van der Waals surface area (Å²) in [5.41, 5.74) is 2.17. The fraction of sp³-hybridized carbons (Fsp3) is 0.118. The highest BCUT2D eigenvalue weighted by Crippen LogP contribution is 2.32. The van der Waals surface area contributed by atoms with Gasteiger partial charge >= 0.3 is 0 Å². The molecule has 4 aromatic rings. The molecule has 0 bridgehead atoms. The molecule has 0 radical (unpaired) electrons. The first-order valence-electron chi connectivity index (χ1n) is 7.52. The molecule has 0 aliphatic carbocycles. The molecule has 0 aliphatic heterocycles. The van der Waals surface area contributed by atoms with Gasteiger partial charge in [0.15, 0.2) is 28.9 Å². The van der Waals surface area contributed by atoms with E-state index in [0.717, 1.165) is 5.69 Å². The van der Waals surface area contributed by atoms with Gasteiger partial charge in [0.25, 0.3) is 0 Å². The van der Waals surface area contributed by atoms with E-state index in [1.165, 1.54) is 0 Å². The number of furan rings is 1. The van der Waals surface area contributed by atoms with Crippen LogP contribution in [0, 0.1) is 0 Å².